The molecule has 1 rings (SSSR count). The van der Waals surface area contributed by atoms with Gasteiger partial charge in [0.15, 0.2) is 0 Å². The van der Waals surface area contributed by atoms with Crippen LogP contribution >= 0.6 is 0 Å². The molecule has 1 amide bonds. The first-order valence-electron chi connectivity index (χ1n) is 8.24. The summed E-state index contributed by atoms with van der Waals surface area (Å²) in [7, 11) is 1.38. The van der Waals surface area contributed by atoms with E-state index < -0.39 is 5.60 Å². The zero-order chi connectivity index (χ0) is 18.1. The third kappa shape index (κ3) is 5.25. The molecule has 0 aromatic rings. The van der Waals surface area contributed by atoms with Crippen LogP contribution in [0.4, 0.5) is 4.79 Å². The number of carbonyl (C=O) groups is 1. The minimum absolute atomic E-state index is 0.318. The van der Waals surface area contributed by atoms with Gasteiger partial charge in [-0.3, -0.25) is 0 Å². The maximum atomic E-state index is 12.0. The van der Waals surface area contributed by atoms with Crippen molar-refractivity contribution in [3.63, 3.8) is 0 Å². The largest absolute Gasteiger partial charge is 0.490 e. The zero-order valence-electron chi connectivity index (χ0n) is 16.1. The maximum Gasteiger partial charge on any atom is 0.490 e. The number of hydrogen-bond acceptors (Lipinski definition) is 4. The number of amides is 1. The fourth-order valence-corrected chi connectivity index (χ4v) is 2.12. The Balaban J connectivity index is 2.61. The molecule has 1 fully saturated rings. The molecule has 0 aromatic heterocycles. The Morgan fingerprint density at radius 1 is 1.17 bits per heavy atom. The summed E-state index contributed by atoms with van der Waals surface area (Å²) in [5.74, 6) is 0. The number of allylic oxidation sites excluding steroid dienone is 1. The van der Waals surface area contributed by atoms with Gasteiger partial charge in [0.2, 0.25) is 0 Å². The van der Waals surface area contributed by atoms with E-state index in [0.717, 1.165) is 5.47 Å². The van der Waals surface area contributed by atoms with Crippen LogP contribution in [0.2, 0.25) is 0 Å². The van der Waals surface area contributed by atoms with Crippen LogP contribution in [0, 0.1) is 0 Å². The molecule has 0 spiro atoms. The molecule has 6 heteroatoms. The summed E-state index contributed by atoms with van der Waals surface area (Å²) in [5.41, 5.74) is -0.161. The summed E-state index contributed by atoms with van der Waals surface area (Å²) < 4.78 is 17.5. The fraction of sp³-hybridized carbons (Fsp3) is 0.824. The Bertz CT molecular complexity index is 450. The van der Waals surface area contributed by atoms with Gasteiger partial charge in [-0.15, -0.1) is 0 Å². The second-order valence-electron chi connectivity index (χ2n) is 8.10. The third-order valence-electron chi connectivity index (χ3n) is 4.37. The van der Waals surface area contributed by atoms with Crippen molar-refractivity contribution in [3.05, 3.63) is 11.5 Å². The van der Waals surface area contributed by atoms with Crippen molar-refractivity contribution in [2.75, 3.05) is 13.6 Å². The van der Waals surface area contributed by atoms with Crippen molar-refractivity contribution in [3.8, 4) is 0 Å². The predicted octanol–water partition coefficient (Wildman–Crippen LogP) is 3.82. The molecular formula is C17H32BNO4. The van der Waals surface area contributed by atoms with Gasteiger partial charge < -0.3 is 18.9 Å². The first-order chi connectivity index (χ1) is 10.3. The second-order valence-corrected chi connectivity index (χ2v) is 8.10. The molecule has 5 nitrogen and oxygen atoms in total. The molecule has 0 radical (unpaired) electrons. The van der Waals surface area contributed by atoms with Gasteiger partial charge in [-0.2, -0.15) is 0 Å². The minimum Gasteiger partial charge on any atom is -0.444 e. The van der Waals surface area contributed by atoms with Crippen molar-refractivity contribution in [1.29, 1.82) is 0 Å². The molecule has 23 heavy (non-hydrogen) atoms. The van der Waals surface area contributed by atoms with Crippen molar-refractivity contribution >= 4 is 13.2 Å². The topological polar surface area (TPSA) is 48.0 Å². The standard InChI is InChI=1S/C17H32BNO4/c1-10-13(18-22-16(5,6)17(7,8)23-18)11-12-19(9)14(20)21-15(2,3)4/h10H,11-12H2,1-9H3/b13-10+. The van der Waals surface area contributed by atoms with Crippen LogP contribution in [0.1, 0.15) is 61.8 Å². The maximum absolute atomic E-state index is 12.0. The average Bonchev–Trinajstić information content (AvgIpc) is 2.56. The lowest BCUT2D eigenvalue weighted by Crippen LogP contribution is -2.41. The van der Waals surface area contributed by atoms with Gasteiger partial charge in [0.05, 0.1) is 11.2 Å². The number of carbonyl (C=O) groups excluding carboxylic acids is 1. The summed E-state index contributed by atoms with van der Waals surface area (Å²) in [4.78, 5) is 13.6. The molecule has 0 saturated carbocycles. The van der Waals surface area contributed by atoms with Gasteiger partial charge in [0.25, 0.3) is 0 Å². The number of ether oxygens (including phenoxy) is 1. The number of rotatable bonds is 4. The van der Waals surface area contributed by atoms with Crippen LogP contribution in [0.5, 0.6) is 0 Å². The molecule has 132 valence electrons. The van der Waals surface area contributed by atoms with Crippen molar-refractivity contribution in [1.82, 2.24) is 4.90 Å². The van der Waals surface area contributed by atoms with E-state index >= 15 is 0 Å². The van der Waals surface area contributed by atoms with Crippen LogP contribution < -0.4 is 0 Å². The Morgan fingerprint density at radius 2 is 1.65 bits per heavy atom. The lowest BCUT2D eigenvalue weighted by molar-refractivity contribution is 0.00578. The molecule has 0 bridgehead atoms. The molecule has 1 saturated heterocycles. The first kappa shape index (κ1) is 20.0. The van der Waals surface area contributed by atoms with Crippen LogP contribution in [-0.2, 0) is 14.0 Å². The van der Waals surface area contributed by atoms with Gasteiger partial charge in [0, 0.05) is 13.6 Å². The Labute approximate surface area is 141 Å². The molecule has 1 aliphatic rings. The fourth-order valence-electron chi connectivity index (χ4n) is 2.12. The molecule has 0 unspecified atom stereocenters. The molecule has 0 aromatic carbocycles. The summed E-state index contributed by atoms with van der Waals surface area (Å²) in [6.07, 6.45) is 2.37. The van der Waals surface area contributed by atoms with Crippen LogP contribution in [0.15, 0.2) is 11.5 Å². The average molecular weight is 325 g/mol. The van der Waals surface area contributed by atoms with E-state index in [1.165, 1.54) is 0 Å². The molecule has 1 aliphatic heterocycles. The van der Waals surface area contributed by atoms with E-state index in [1.807, 2.05) is 61.5 Å². The van der Waals surface area contributed by atoms with Crippen molar-refractivity contribution < 1.29 is 18.8 Å². The monoisotopic (exact) mass is 325 g/mol. The predicted molar refractivity (Wildman–Crippen MR) is 93.3 cm³/mol. The van der Waals surface area contributed by atoms with Crippen LogP contribution in [-0.4, -0.2) is 48.5 Å². The van der Waals surface area contributed by atoms with E-state index in [2.05, 4.69) is 0 Å². The van der Waals surface area contributed by atoms with Gasteiger partial charge >= 0.3 is 13.2 Å². The van der Waals surface area contributed by atoms with Gasteiger partial charge in [0.1, 0.15) is 5.60 Å². The van der Waals surface area contributed by atoms with E-state index in [-0.39, 0.29) is 24.4 Å². The highest BCUT2D eigenvalue weighted by atomic mass is 16.7. The summed E-state index contributed by atoms with van der Waals surface area (Å²) in [6.45, 7) is 16.2. The summed E-state index contributed by atoms with van der Waals surface area (Å²) in [6, 6.07) is 0. The van der Waals surface area contributed by atoms with Crippen molar-refractivity contribution in [2.24, 2.45) is 0 Å². The van der Waals surface area contributed by atoms with E-state index in [4.69, 9.17) is 14.0 Å². The van der Waals surface area contributed by atoms with E-state index in [1.54, 1.807) is 11.9 Å². The molecule has 0 N–H and O–H groups in total. The van der Waals surface area contributed by atoms with Gasteiger partial charge in [-0.05, 0) is 67.3 Å². The highest BCUT2D eigenvalue weighted by Crippen LogP contribution is 2.39. The minimum atomic E-state index is -0.486. The quantitative estimate of drug-likeness (QED) is 0.737. The molecule has 0 atom stereocenters. The highest BCUT2D eigenvalue weighted by Gasteiger charge is 2.52. The second kappa shape index (κ2) is 6.85. The summed E-state index contributed by atoms with van der Waals surface area (Å²) >= 11 is 0. The van der Waals surface area contributed by atoms with Gasteiger partial charge in [-0.1, -0.05) is 6.08 Å². The van der Waals surface area contributed by atoms with Gasteiger partial charge in [-0.25, -0.2) is 4.79 Å². The van der Waals surface area contributed by atoms with Crippen LogP contribution in [0.3, 0.4) is 0 Å². The molecule has 1 heterocycles. The third-order valence-corrected chi connectivity index (χ3v) is 4.37. The molecule has 0 aliphatic carbocycles. The van der Waals surface area contributed by atoms with E-state index in [9.17, 15) is 4.79 Å². The normalized spacial score (nSPS) is 20.6. The summed E-state index contributed by atoms with van der Waals surface area (Å²) in [5, 5.41) is 0. The Kier molecular flexibility index (Phi) is 5.97. The number of hydrogen-bond donors (Lipinski definition) is 0. The number of nitrogens with zero attached hydrogens (tertiary/aromatic N) is 1. The zero-order valence-corrected chi connectivity index (χ0v) is 16.1. The molecular weight excluding hydrogens is 293 g/mol. The Hall–Kier alpha value is -1.01. The first-order valence-corrected chi connectivity index (χ1v) is 8.24. The van der Waals surface area contributed by atoms with E-state index in [0.29, 0.717) is 13.0 Å². The lowest BCUT2D eigenvalue weighted by Gasteiger charge is -2.32. The van der Waals surface area contributed by atoms with Crippen molar-refractivity contribution in [2.45, 2.75) is 78.6 Å². The SMILES string of the molecule is C/C=C(\CCN(C)C(=O)OC(C)(C)C)B1OC(C)(C)C(C)(C)O1. The lowest BCUT2D eigenvalue weighted by atomic mass is 9.76. The highest BCUT2D eigenvalue weighted by molar-refractivity contribution is 6.54. The van der Waals surface area contributed by atoms with Crippen LogP contribution in [0.25, 0.3) is 0 Å². The Morgan fingerprint density at radius 3 is 2.04 bits per heavy atom. The smallest absolute Gasteiger partial charge is 0.444 e.